The monoisotopic (exact) mass is 247 g/mol. The van der Waals surface area contributed by atoms with Gasteiger partial charge in [0.25, 0.3) is 0 Å². The Hall–Kier alpha value is -1.84. The Morgan fingerprint density at radius 2 is 1.94 bits per heavy atom. The Bertz CT molecular complexity index is 435. The third kappa shape index (κ3) is 3.58. The summed E-state index contributed by atoms with van der Waals surface area (Å²) in [6.45, 7) is 2.18. The van der Waals surface area contributed by atoms with Gasteiger partial charge >= 0.3 is 5.97 Å². The van der Waals surface area contributed by atoms with Crippen molar-refractivity contribution in [3.8, 4) is 0 Å². The van der Waals surface area contributed by atoms with Gasteiger partial charge in [0.1, 0.15) is 0 Å². The van der Waals surface area contributed by atoms with Crippen LogP contribution in [0.1, 0.15) is 25.3 Å². The van der Waals surface area contributed by atoms with E-state index >= 15 is 0 Å². The lowest BCUT2D eigenvalue weighted by Gasteiger charge is -2.06. The van der Waals surface area contributed by atoms with Crippen LogP contribution in [0.2, 0.25) is 0 Å². The predicted octanol–water partition coefficient (Wildman–Crippen LogP) is 2.14. The molecule has 0 bridgehead atoms. The lowest BCUT2D eigenvalue weighted by Crippen LogP contribution is -2.13. The minimum absolute atomic E-state index is 0.0909. The molecule has 1 fully saturated rings. The van der Waals surface area contributed by atoms with Crippen LogP contribution in [0.5, 0.6) is 0 Å². The predicted molar refractivity (Wildman–Crippen MR) is 68.1 cm³/mol. The molecule has 1 aromatic rings. The van der Waals surface area contributed by atoms with Gasteiger partial charge in [0, 0.05) is 11.6 Å². The van der Waals surface area contributed by atoms with E-state index in [1.165, 1.54) is 0 Å². The molecule has 0 spiro atoms. The Balaban J connectivity index is 1.88. The first-order valence-electron chi connectivity index (χ1n) is 6.24. The zero-order valence-corrected chi connectivity index (χ0v) is 10.4. The maximum Gasteiger partial charge on any atom is 0.310 e. The molecule has 2 rings (SSSR count). The molecule has 18 heavy (non-hydrogen) atoms. The van der Waals surface area contributed by atoms with Crippen molar-refractivity contribution in [1.82, 2.24) is 0 Å². The van der Waals surface area contributed by atoms with Crippen LogP contribution in [0, 0.1) is 5.92 Å². The first-order chi connectivity index (χ1) is 8.69. The smallest absolute Gasteiger partial charge is 0.310 e. The molecule has 1 N–H and O–H groups in total. The van der Waals surface area contributed by atoms with E-state index in [0.29, 0.717) is 6.61 Å². The topological polar surface area (TPSA) is 55.4 Å². The molecule has 1 aliphatic carbocycles. The number of carbonyl (C=O) groups is 2. The number of nitrogens with one attached hydrogen (secondary N) is 1. The molecule has 96 valence electrons. The van der Waals surface area contributed by atoms with Crippen molar-refractivity contribution < 1.29 is 14.3 Å². The van der Waals surface area contributed by atoms with Crippen molar-refractivity contribution in [2.75, 3.05) is 11.9 Å². The Kier molecular flexibility index (Phi) is 3.97. The largest absolute Gasteiger partial charge is 0.466 e. The van der Waals surface area contributed by atoms with Gasteiger partial charge in [0.05, 0.1) is 13.0 Å². The summed E-state index contributed by atoms with van der Waals surface area (Å²) in [5.41, 5.74) is 1.66. The molecule has 0 unspecified atom stereocenters. The fraction of sp³-hybridized carbons (Fsp3) is 0.429. The van der Waals surface area contributed by atoms with Crippen LogP contribution in [0.4, 0.5) is 5.69 Å². The summed E-state index contributed by atoms with van der Waals surface area (Å²) in [6.07, 6.45) is 2.25. The summed E-state index contributed by atoms with van der Waals surface area (Å²) in [4.78, 5) is 22.8. The van der Waals surface area contributed by atoms with Crippen molar-refractivity contribution in [2.24, 2.45) is 5.92 Å². The molecule has 0 heterocycles. The van der Waals surface area contributed by atoms with Gasteiger partial charge in [0.2, 0.25) is 5.91 Å². The number of anilines is 1. The molecule has 1 aliphatic rings. The van der Waals surface area contributed by atoms with Gasteiger partial charge in [-0.2, -0.15) is 0 Å². The summed E-state index contributed by atoms with van der Waals surface area (Å²) < 4.78 is 4.87. The number of hydrogen-bond donors (Lipinski definition) is 1. The van der Waals surface area contributed by atoms with Crippen molar-refractivity contribution in [3.63, 3.8) is 0 Å². The molecular weight excluding hydrogens is 230 g/mol. The minimum atomic E-state index is -0.229. The van der Waals surface area contributed by atoms with Gasteiger partial charge < -0.3 is 10.1 Å². The summed E-state index contributed by atoms with van der Waals surface area (Å²) in [5, 5.41) is 2.85. The minimum Gasteiger partial charge on any atom is -0.466 e. The molecule has 0 radical (unpaired) electrons. The van der Waals surface area contributed by atoms with E-state index in [0.717, 1.165) is 24.1 Å². The molecule has 1 amide bonds. The van der Waals surface area contributed by atoms with Crippen molar-refractivity contribution in [3.05, 3.63) is 29.8 Å². The molecule has 0 saturated heterocycles. The number of ether oxygens (including phenoxy) is 1. The third-order valence-corrected chi connectivity index (χ3v) is 2.82. The second-order valence-corrected chi connectivity index (χ2v) is 4.44. The highest BCUT2D eigenvalue weighted by Gasteiger charge is 2.29. The molecule has 1 saturated carbocycles. The Morgan fingerprint density at radius 1 is 1.28 bits per heavy atom. The fourth-order valence-corrected chi connectivity index (χ4v) is 1.67. The molecule has 0 atom stereocenters. The highest BCUT2D eigenvalue weighted by molar-refractivity contribution is 5.94. The van der Waals surface area contributed by atoms with Crippen LogP contribution in [0.25, 0.3) is 0 Å². The van der Waals surface area contributed by atoms with Gasteiger partial charge in [-0.3, -0.25) is 9.59 Å². The van der Waals surface area contributed by atoms with Crippen LogP contribution < -0.4 is 5.32 Å². The zero-order valence-electron chi connectivity index (χ0n) is 10.4. The standard InChI is InChI=1S/C14H17NO3/c1-2-18-13(16)9-10-3-7-12(8-4-10)15-14(17)11-5-6-11/h3-4,7-8,11H,2,5-6,9H2,1H3,(H,15,17). The van der Waals surface area contributed by atoms with E-state index < -0.39 is 0 Å². The van der Waals surface area contributed by atoms with Crippen molar-refractivity contribution >= 4 is 17.6 Å². The average Bonchev–Trinajstić information content (AvgIpc) is 3.16. The second-order valence-electron chi connectivity index (χ2n) is 4.44. The Morgan fingerprint density at radius 3 is 2.50 bits per heavy atom. The quantitative estimate of drug-likeness (QED) is 0.811. The number of hydrogen-bond acceptors (Lipinski definition) is 3. The van der Waals surface area contributed by atoms with E-state index in [4.69, 9.17) is 4.74 Å². The number of amides is 1. The van der Waals surface area contributed by atoms with Crippen molar-refractivity contribution in [2.45, 2.75) is 26.2 Å². The molecule has 0 aliphatic heterocycles. The zero-order chi connectivity index (χ0) is 13.0. The lowest BCUT2D eigenvalue weighted by molar-refractivity contribution is -0.142. The Labute approximate surface area is 106 Å². The van der Waals surface area contributed by atoms with E-state index in [-0.39, 0.29) is 24.2 Å². The number of carbonyl (C=O) groups excluding carboxylic acids is 2. The molecule has 4 nitrogen and oxygen atoms in total. The summed E-state index contributed by atoms with van der Waals surface area (Å²) >= 11 is 0. The van der Waals surface area contributed by atoms with Crippen LogP contribution in [0.15, 0.2) is 24.3 Å². The summed E-state index contributed by atoms with van der Waals surface area (Å²) in [7, 11) is 0. The maximum absolute atomic E-state index is 11.5. The molecule has 1 aromatic carbocycles. The number of rotatable bonds is 5. The highest BCUT2D eigenvalue weighted by Crippen LogP contribution is 2.30. The van der Waals surface area contributed by atoms with E-state index in [1.807, 2.05) is 24.3 Å². The highest BCUT2D eigenvalue weighted by atomic mass is 16.5. The van der Waals surface area contributed by atoms with Crippen LogP contribution in [-0.4, -0.2) is 18.5 Å². The van der Waals surface area contributed by atoms with Gasteiger partial charge in [0.15, 0.2) is 0 Å². The third-order valence-electron chi connectivity index (χ3n) is 2.82. The maximum atomic E-state index is 11.5. The van der Waals surface area contributed by atoms with Gasteiger partial charge in [-0.05, 0) is 37.5 Å². The summed E-state index contributed by atoms with van der Waals surface area (Å²) in [5.74, 6) is 0.0598. The lowest BCUT2D eigenvalue weighted by atomic mass is 10.1. The van der Waals surface area contributed by atoms with E-state index in [1.54, 1.807) is 6.92 Å². The van der Waals surface area contributed by atoms with Crippen LogP contribution in [0.3, 0.4) is 0 Å². The molecular formula is C14H17NO3. The first kappa shape index (κ1) is 12.6. The van der Waals surface area contributed by atoms with Gasteiger partial charge in [-0.1, -0.05) is 12.1 Å². The molecule has 0 aromatic heterocycles. The average molecular weight is 247 g/mol. The van der Waals surface area contributed by atoms with Crippen LogP contribution in [-0.2, 0) is 20.7 Å². The van der Waals surface area contributed by atoms with Crippen LogP contribution >= 0.6 is 0 Å². The van der Waals surface area contributed by atoms with Crippen molar-refractivity contribution in [1.29, 1.82) is 0 Å². The van der Waals surface area contributed by atoms with Gasteiger partial charge in [-0.25, -0.2) is 0 Å². The normalized spacial score (nSPS) is 14.1. The SMILES string of the molecule is CCOC(=O)Cc1ccc(NC(=O)C2CC2)cc1. The first-order valence-corrected chi connectivity index (χ1v) is 6.24. The number of esters is 1. The van der Waals surface area contributed by atoms with E-state index in [9.17, 15) is 9.59 Å². The fourth-order valence-electron chi connectivity index (χ4n) is 1.67. The van der Waals surface area contributed by atoms with E-state index in [2.05, 4.69) is 5.32 Å². The number of benzene rings is 1. The second kappa shape index (κ2) is 5.67. The molecule has 4 heteroatoms. The van der Waals surface area contributed by atoms with Gasteiger partial charge in [-0.15, -0.1) is 0 Å². The summed E-state index contributed by atoms with van der Waals surface area (Å²) in [6, 6.07) is 7.29.